The second-order valence-corrected chi connectivity index (χ2v) is 8.33. The Labute approximate surface area is 176 Å². The highest BCUT2D eigenvalue weighted by Gasteiger charge is 2.30. The molecule has 0 atom stereocenters. The molecule has 1 amide bonds. The van der Waals surface area contributed by atoms with Crippen LogP contribution in [-0.4, -0.2) is 26.8 Å². The topological polar surface area (TPSA) is 51.9 Å². The molecule has 146 valence electrons. The zero-order valence-electron chi connectivity index (χ0n) is 16.3. The summed E-state index contributed by atoms with van der Waals surface area (Å²) in [5.41, 5.74) is 5.62. The van der Waals surface area contributed by atoms with E-state index in [1.165, 1.54) is 0 Å². The lowest BCUT2D eigenvalue weighted by Gasteiger charge is -2.03. The Balaban J connectivity index is 1.66. The number of aromatic nitrogens is 3. The zero-order valence-corrected chi connectivity index (χ0v) is 17.1. The number of hydrogen-bond donors (Lipinski definition) is 1. The van der Waals surface area contributed by atoms with E-state index in [4.69, 9.17) is 5.10 Å². The molecule has 3 aromatic heterocycles. The van der Waals surface area contributed by atoms with E-state index < -0.39 is 0 Å². The second-order valence-electron chi connectivity index (χ2n) is 7.41. The van der Waals surface area contributed by atoms with Crippen molar-refractivity contribution < 1.29 is 4.79 Å². The first-order valence-corrected chi connectivity index (χ1v) is 10.7. The largest absolute Gasteiger partial charge is 0.348 e. The van der Waals surface area contributed by atoms with Crippen molar-refractivity contribution in [2.75, 3.05) is 6.54 Å². The monoisotopic (exact) mass is 410 g/mol. The highest BCUT2D eigenvalue weighted by atomic mass is 32.1. The molecule has 30 heavy (non-hydrogen) atoms. The summed E-state index contributed by atoms with van der Waals surface area (Å²) >= 11 is 1.70. The van der Waals surface area contributed by atoms with Crippen molar-refractivity contribution in [2.24, 2.45) is 7.05 Å². The molecule has 0 saturated carbocycles. The number of nitrogens with one attached hydrogen (secondary N) is 1. The molecule has 0 unspecified atom stereocenters. The van der Waals surface area contributed by atoms with Crippen molar-refractivity contribution in [2.45, 2.75) is 0 Å². The first kappa shape index (κ1) is 17.2. The fourth-order valence-corrected chi connectivity index (χ4v) is 5.09. The Kier molecular flexibility index (Phi) is 3.70. The van der Waals surface area contributed by atoms with Gasteiger partial charge in [0.2, 0.25) is 0 Å². The summed E-state index contributed by atoms with van der Waals surface area (Å²) in [6.45, 7) is 0.498. The lowest BCUT2D eigenvalue weighted by Crippen LogP contribution is -2.17. The number of benzene rings is 2. The van der Waals surface area contributed by atoms with Gasteiger partial charge >= 0.3 is 0 Å². The molecule has 6 rings (SSSR count). The van der Waals surface area contributed by atoms with E-state index in [1.807, 2.05) is 42.1 Å². The van der Waals surface area contributed by atoms with Gasteiger partial charge in [0, 0.05) is 36.1 Å². The van der Waals surface area contributed by atoms with Crippen molar-refractivity contribution in [3.05, 3.63) is 83.5 Å². The number of amides is 1. The normalized spacial score (nSPS) is 14.2. The Morgan fingerprint density at radius 1 is 0.967 bits per heavy atom. The number of hydrogen-bond acceptors (Lipinski definition) is 3. The Morgan fingerprint density at radius 3 is 2.53 bits per heavy atom. The number of para-hydroxylation sites is 2. The number of carbonyl (C=O) groups excluding carboxylic acids is 1. The van der Waals surface area contributed by atoms with Crippen molar-refractivity contribution in [1.82, 2.24) is 19.7 Å². The highest BCUT2D eigenvalue weighted by molar-refractivity contribution is 7.12. The predicted octanol–water partition coefficient (Wildman–Crippen LogP) is 4.62. The zero-order chi connectivity index (χ0) is 20.2. The smallest absolute Gasteiger partial charge is 0.254 e. The minimum atomic E-state index is -0.0678. The third-order valence-electron chi connectivity index (χ3n) is 5.73. The van der Waals surface area contributed by atoms with Gasteiger partial charge in [0.05, 0.1) is 21.6 Å². The van der Waals surface area contributed by atoms with Crippen LogP contribution in [0.25, 0.3) is 38.0 Å². The molecule has 2 aromatic carbocycles. The molecule has 1 N–H and O–H groups in total. The van der Waals surface area contributed by atoms with Gasteiger partial charge in [-0.2, -0.15) is 5.10 Å². The van der Waals surface area contributed by atoms with Gasteiger partial charge in [-0.3, -0.25) is 9.48 Å². The van der Waals surface area contributed by atoms with Gasteiger partial charge in [-0.05, 0) is 35.2 Å². The summed E-state index contributed by atoms with van der Waals surface area (Å²) in [7, 11) is 1.92. The molecule has 0 fully saturated rings. The molecule has 1 aliphatic heterocycles. The summed E-state index contributed by atoms with van der Waals surface area (Å²) in [6, 6.07) is 20.6. The molecule has 6 heteroatoms. The minimum absolute atomic E-state index is 0.0678. The van der Waals surface area contributed by atoms with Crippen LogP contribution < -0.4 is 5.32 Å². The van der Waals surface area contributed by atoms with E-state index in [1.54, 1.807) is 11.3 Å². The number of carbonyl (C=O) groups is 1. The molecule has 1 aliphatic rings. The molecule has 4 heterocycles. The summed E-state index contributed by atoms with van der Waals surface area (Å²) in [5, 5.41) is 13.1. The van der Waals surface area contributed by atoms with Crippen molar-refractivity contribution >= 4 is 50.2 Å². The maximum Gasteiger partial charge on any atom is 0.254 e. The molecule has 0 saturated heterocycles. The van der Waals surface area contributed by atoms with Crippen LogP contribution in [0.1, 0.15) is 11.3 Å². The van der Waals surface area contributed by atoms with E-state index >= 15 is 0 Å². The van der Waals surface area contributed by atoms with E-state index in [0.717, 1.165) is 43.6 Å². The van der Waals surface area contributed by atoms with Crippen LogP contribution in [-0.2, 0) is 11.8 Å². The first-order chi connectivity index (χ1) is 14.7. The number of thiophene rings is 1. The highest BCUT2D eigenvalue weighted by Crippen LogP contribution is 2.38. The molecular weight excluding hydrogens is 392 g/mol. The first-order valence-electron chi connectivity index (χ1n) is 9.80. The van der Waals surface area contributed by atoms with Crippen LogP contribution in [0.15, 0.2) is 72.2 Å². The maximum atomic E-state index is 13.0. The summed E-state index contributed by atoms with van der Waals surface area (Å²) in [4.78, 5) is 13.0. The third-order valence-corrected chi connectivity index (χ3v) is 6.60. The van der Waals surface area contributed by atoms with Gasteiger partial charge in [-0.25, -0.2) is 0 Å². The van der Waals surface area contributed by atoms with Gasteiger partial charge in [-0.1, -0.05) is 36.4 Å². The van der Waals surface area contributed by atoms with Crippen molar-refractivity contribution in [1.29, 1.82) is 0 Å². The van der Waals surface area contributed by atoms with E-state index in [9.17, 15) is 4.79 Å². The van der Waals surface area contributed by atoms with Gasteiger partial charge in [-0.15, -0.1) is 11.3 Å². The predicted molar refractivity (Wildman–Crippen MR) is 122 cm³/mol. The van der Waals surface area contributed by atoms with Crippen LogP contribution in [0.3, 0.4) is 0 Å². The van der Waals surface area contributed by atoms with Crippen LogP contribution in [0, 0.1) is 0 Å². The molecule has 0 aliphatic carbocycles. The minimum Gasteiger partial charge on any atom is -0.348 e. The molecule has 0 bridgehead atoms. The van der Waals surface area contributed by atoms with Gasteiger partial charge in [0.25, 0.3) is 5.91 Å². The van der Waals surface area contributed by atoms with Crippen LogP contribution >= 0.6 is 11.3 Å². The van der Waals surface area contributed by atoms with E-state index in [2.05, 4.69) is 51.8 Å². The van der Waals surface area contributed by atoms with Crippen molar-refractivity contribution in [3.63, 3.8) is 0 Å². The summed E-state index contributed by atoms with van der Waals surface area (Å²) in [5.74, 6) is -0.0678. The lowest BCUT2D eigenvalue weighted by atomic mass is 9.98. The number of nitrogens with zero attached hydrogens (tertiary/aromatic N) is 3. The van der Waals surface area contributed by atoms with Gasteiger partial charge < -0.3 is 9.88 Å². The van der Waals surface area contributed by atoms with Crippen LogP contribution in [0.4, 0.5) is 0 Å². The molecule has 0 spiro atoms. The second kappa shape index (κ2) is 6.43. The Morgan fingerprint density at radius 2 is 1.73 bits per heavy atom. The van der Waals surface area contributed by atoms with Crippen LogP contribution in [0.5, 0.6) is 0 Å². The van der Waals surface area contributed by atoms with Crippen LogP contribution in [0.2, 0.25) is 0 Å². The molecular formula is C24H18N4OS. The fraction of sp³-hybridized carbons (Fsp3) is 0.0833. The number of fused-ring (bicyclic) bond motifs is 2. The third kappa shape index (κ3) is 2.40. The lowest BCUT2D eigenvalue weighted by molar-refractivity contribution is -0.114. The average Bonchev–Trinajstić information content (AvgIpc) is 3.54. The number of rotatable bonds is 3. The molecule has 5 aromatic rings. The van der Waals surface area contributed by atoms with Gasteiger partial charge in [0.1, 0.15) is 5.69 Å². The average molecular weight is 411 g/mol. The van der Waals surface area contributed by atoms with E-state index in [0.29, 0.717) is 12.1 Å². The Hall–Kier alpha value is -3.64. The van der Waals surface area contributed by atoms with E-state index in [-0.39, 0.29) is 5.91 Å². The van der Waals surface area contributed by atoms with Crippen molar-refractivity contribution in [3.8, 4) is 5.00 Å². The SMILES string of the molecule is Cn1nc(C2=C(c3cn(-c4cccs4)c4ccccc34)CNC2=O)c2ccccc21. The maximum absolute atomic E-state index is 13.0. The molecule has 0 radical (unpaired) electrons. The Bertz CT molecular complexity index is 1470. The number of aryl methyl sites for hydroxylation is 1. The standard InChI is InChI=1S/C24H18N4OS/c1-27-19-9-4-3-8-16(19)23(26-27)22-17(13-25-24(22)29)18-14-28(21-11-6-12-30-21)20-10-5-2-7-15(18)20/h2-12,14H,13H2,1H3,(H,25,29). The van der Waals surface area contributed by atoms with Gasteiger partial charge in [0.15, 0.2) is 0 Å². The molecule has 5 nitrogen and oxygen atoms in total. The fourth-order valence-electron chi connectivity index (χ4n) is 4.37. The summed E-state index contributed by atoms with van der Waals surface area (Å²) < 4.78 is 4.05. The summed E-state index contributed by atoms with van der Waals surface area (Å²) in [6.07, 6.45) is 2.15. The quantitative estimate of drug-likeness (QED) is 0.472.